The van der Waals surface area contributed by atoms with Crippen molar-refractivity contribution in [2.75, 3.05) is 19.8 Å². The van der Waals surface area contributed by atoms with Crippen molar-refractivity contribution in [2.24, 2.45) is 0 Å². The molecule has 0 atom stereocenters. The third-order valence-corrected chi connectivity index (χ3v) is 14.1. The molecule has 0 aliphatic heterocycles. The summed E-state index contributed by atoms with van der Waals surface area (Å²) >= 11 is 14.6. The minimum atomic E-state index is -4.19. The molecule has 0 aromatic carbocycles. The van der Waals surface area contributed by atoms with Gasteiger partial charge in [-0.05, 0) is 47.1 Å². The van der Waals surface area contributed by atoms with E-state index in [-0.39, 0.29) is 55.8 Å². The molecule has 18 nitrogen and oxygen atoms in total. The molecule has 8 rings (SSSR count). The first-order valence-electron chi connectivity index (χ1n) is 32.9. The van der Waals surface area contributed by atoms with E-state index < -0.39 is 19.0 Å². The number of halogens is 7. The minimum Gasteiger partial charge on any atom is -0.470 e. The van der Waals surface area contributed by atoms with Gasteiger partial charge in [-0.25, -0.2) is 33.6 Å². The molecular weight excluding hydrogens is 1430 g/mol. The SMILES string of the molecule is C#CCOc1cnc(C(C)(C)C)cn1.CC#CCOc1cnc(C(C)(C)C)cn1.CC(C)(C)c1ccc(Br)cn1.CC(C)(C)c1ccc(Cl)cn1.CC(C)(C)c1cnc(Cl)cn1.CC(C)(C)c1cnc(OCC(F)(F)C(F)F)cn1.[C-]#[N+]c1ccc(C(C)(C)C)nc1.[C-]#[N+]c1cnc(C(C)(C)C)cn1. The molecule has 0 unspecified atom stereocenters. The maximum absolute atomic E-state index is 12.6. The third-order valence-electron chi connectivity index (χ3n) is 13.2. The molecule has 8 heterocycles. The van der Waals surface area contributed by atoms with Crippen molar-refractivity contribution < 1.29 is 31.8 Å². The van der Waals surface area contributed by atoms with Gasteiger partial charge in [0, 0.05) is 83.5 Å². The second-order valence-corrected chi connectivity index (χ2v) is 32.9. The van der Waals surface area contributed by atoms with Gasteiger partial charge in [0.2, 0.25) is 23.3 Å². The molecule has 0 saturated heterocycles. The summed E-state index contributed by atoms with van der Waals surface area (Å²) in [7, 11) is 0. The van der Waals surface area contributed by atoms with Gasteiger partial charge in [0.1, 0.15) is 11.3 Å². The molecule has 8 aromatic rings. The van der Waals surface area contributed by atoms with E-state index in [2.05, 4.69) is 258 Å². The van der Waals surface area contributed by atoms with Gasteiger partial charge >= 0.3 is 12.3 Å². The van der Waals surface area contributed by atoms with Gasteiger partial charge < -0.3 is 19.1 Å². The average molecular weight is 1540 g/mol. The highest BCUT2D eigenvalue weighted by Crippen LogP contribution is 2.28. The Bertz CT molecular complexity index is 3780. The van der Waals surface area contributed by atoms with Gasteiger partial charge in [-0.15, -0.1) is 17.3 Å². The van der Waals surface area contributed by atoms with Crippen LogP contribution in [0.25, 0.3) is 9.69 Å². The Morgan fingerprint density at radius 1 is 0.413 bits per heavy atom. The molecule has 8 aromatic heterocycles. The number of nitrogens with zero attached hydrogens (tertiary/aromatic N) is 15. The highest BCUT2D eigenvalue weighted by molar-refractivity contribution is 9.10. The number of pyridine rings is 3. The number of ether oxygens (including phenoxy) is 3. The lowest BCUT2D eigenvalue weighted by Gasteiger charge is -2.18. The number of hydrogen-bond acceptors (Lipinski definition) is 16. The predicted molar refractivity (Wildman–Crippen MR) is 412 cm³/mol. The van der Waals surface area contributed by atoms with E-state index in [4.69, 9.17) is 52.2 Å². The fourth-order valence-electron chi connectivity index (χ4n) is 6.87. The molecule has 0 N–H and O–H groups in total. The Kier molecular flexibility index (Phi) is 37.8. The van der Waals surface area contributed by atoms with E-state index in [1.165, 1.54) is 12.4 Å². The summed E-state index contributed by atoms with van der Waals surface area (Å²) in [5, 5.41) is 1.14. The maximum Gasteiger partial charge on any atom is 0.340 e. The van der Waals surface area contributed by atoms with Crippen molar-refractivity contribution in [1.82, 2.24) is 64.8 Å². The predicted octanol–water partition coefficient (Wildman–Crippen LogP) is 20.9. The largest absolute Gasteiger partial charge is 0.470 e. The third kappa shape index (κ3) is 38.1. The maximum atomic E-state index is 12.6. The molecule has 560 valence electrons. The van der Waals surface area contributed by atoms with E-state index in [0.29, 0.717) is 45.7 Å². The van der Waals surface area contributed by atoms with E-state index >= 15 is 0 Å². The molecule has 104 heavy (non-hydrogen) atoms. The summed E-state index contributed by atoms with van der Waals surface area (Å²) in [6, 6.07) is 11.6. The lowest BCUT2D eigenvalue weighted by molar-refractivity contribution is -0.148. The summed E-state index contributed by atoms with van der Waals surface area (Å²) in [5.41, 5.74) is 8.43. The Labute approximate surface area is 633 Å². The van der Waals surface area contributed by atoms with Crippen molar-refractivity contribution in [3.63, 3.8) is 0 Å². The van der Waals surface area contributed by atoms with Crippen molar-refractivity contribution in [2.45, 2.75) is 229 Å². The van der Waals surface area contributed by atoms with Crippen molar-refractivity contribution in [3.05, 3.63) is 200 Å². The van der Waals surface area contributed by atoms with Crippen LogP contribution in [0, 0.1) is 37.3 Å². The monoisotopic (exact) mass is 1530 g/mol. The first-order chi connectivity index (χ1) is 47.8. The van der Waals surface area contributed by atoms with Crippen LogP contribution in [0.3, 0.4) is 0 Å². The summed E-state index contributed by atoms with van der Waals surface area (Å²) in [4.78, 5) is 59.9. The zero-order valence-electron chi connectivity index (χ0n) is 64.8. The Hall–Kier alpha value is -8.87. The summed E-state index contributed by atoms with van der Waals surface area (Å²) < 4.78 is 64.8. The molecule has 0 fully saturated rings. The van der Waals surface area contributed by atoms with Crippen LogP contribution in [-0.4, -0.2) is 97.0 Å². The highest BCUT2D eigenvalue weighted by atomic mass is 79.9. The van der Waals surface area contributed by atoms with Gasteiger partial charge in [0.15, 0.2) is 19.8 Å². The lowest BCUT2D eigenvalue weighted by atomic mass is 9.92. The second-order valence-electron chi connectivity index (χ2n) is 31.1. The fraction of sp³-hybridized carbons (Fsp3) is 0.481. The quantitative estimate of drug-likeness (QED) is 0.0788. The zero-order chi connectivity index (χ0) is 79.7. The molecule has 0 bridgehead atoms. The molecular formula is C79H102BrCl2F4N15O3. The van der Waals surface area contributed by atoms with Crippen LogP contribution in [0.5, 0.6) is 17.6 Å². The van der Waals surface area contributed by atoms with E-state index in [0.717, 1.165) is 50.5 Å². The zero-order valence-corrected chi connectivity index (χ0v) is 67.9. The standard InChI is InChI=1S/C12H16N2O.C11H14F4N2O.C11H14N2O.C10H12N2.C9H12BrN.C9H12ClN.C9H11N3.C8H11ClN2/c1-5-6-7-15-11-9-13-10(8-14-11)12(2,3)4;1-10(2,3)7-4-17-8(5-16-7)18-6-11(14,15)9(12)13;1-5-6-14-10-8-12-9(7-13-10)11(2,3)4;1-10(2,3)9-6-5-8(11-4)7-12-9;2*1-9(2,3)8-5-4-7(10)6-11-8;1-9(2,3)7-5-12-8(10-4)6-11-7;1-8(2,3)6-4-11-7(9)5-10-6/h8-9H,7H2,1-4H3;4-5,9H,6H2,1-3H3;1,7-8H,6H2,2-4H3;5-7H,1-3H3;2*4-6H,1-3H3;5-6H,1-3H3;4-5H,1-3H3. The molecule has 0 radical (unpaired) electrons. The first kappa shape index (κ1) is 93.1. The van der Waals surface area contributed by atoms with Crippen molar-refractivity contribution >= 4 is 50.6 Å². The van der Waals surface area contributed by atoms with Gasteiger partial charge in [-0.3, -0.25) is 39.9 Å². The Morgan fingerprint density at radius 3 is 1.04 bits per heavy atom. The molecule has 25 heteroatoms. The number of hydrogen-bond donors (Lipinski definition) is 0. The highest BCUT2D eigenvalue weighted by Gasteiger charge is 2.42. The van der Waals surface area contributed by atoms with Crippen molar-refractivity contribution in [1.29, 1.82) is 0 Å². The van der Waals surface area contributed by atoms with Crippen LogP contribution in [0.15, 0.2) is 121 Å². The first-order valence-corrected chi connectivity index (χ1v) is 34.4. The van der Waals surface area contributed by atoms with Gasteiger partial charge in [0.05, 0.1) is 95.8 Å². The number of aromatic nitrogens is 13. The normalized spacial score (nSPS) is 11.4. The fourth-order valence-corrected chi connectivity index (χ4v) is 7.31. The molecule has 0 amide bonds. The Morgan fingerprint density at radius 2 is 0.760 bits per heavy atom. The molecule has 0 spiro atoms. The summed E-state index contributed by atoms with van der Waals surface area (Å²) in [6.07, 6.45) is 22.1. The van der Waals surface area contributed by atoms with Crippen LogP contribution in [0.2, 0.25) is 10.2 Å². The van der Waals surface area contributed by atoms with Gasteiger partial charge in [-0.2, -0.15) is 8.78 Å². The summed E-state index contributed by atoms with van der Waals surface area (Å²) in [6.45, 7) is 64.3. The molecule has 0 saturated carbocycles. The lowest BCUT2D eigenvalue weighted by Crippen LogP contribution is -2.34. The van der Waals surface area contributed by atoms with Crippen LogP contribution >= 0.6 is 39.1 Å². The smallest absolute Gasteiger partial charge is 0.340 e. The van der Waals surface area contributed by atoms with Gasteiger partial charge in [0.25, 0.3) is 5.82 Å². The van der Waals surface area contributed by atoms with Crippen LogP contribution in [-0.2, 0) is 43.3 Å². The molecule has 0 aliphatic carbocycles. The van der Waals surface area contributed by atoms with Crippen molar-refractivity contribution in [3.8, 4) is 41.8 Å². The minimum absolute atomic E-state index is 0.00750. The number of alkyl halides is 4. The van der Waals surface area contributed by atoms with E-state index in [1.54, 1.807) is 68.8 Å². The van der Waals surface area contributed by atoms with Gasteiger partial charge in [-0.1, -0.05) is 220 Å². The Balaban J connectivity index is 0.000000598. The summed E-state index contributed by atoms with van der Waals surface area (Å²) in [5.74, 6) is 4.87. The van der Waals surface area contributed by atoms with E-state index in [1.807, 2.05) is 57.3 Å². The van der Waals surface area contributed by atoms with E-state index in [9.17, 15) is 17.6 Å². The topological polar surface area (TPSA) is 204 Å². The second kappa shape index (κ2) is 42.2. The molecule has 0 aliphatic rings. The number of rotatable bonds is 8. The van der Waals surface area contributed by atoms with Crippen LogP contribution in [0.1, 0.15) is 219 Å². The van der Waals surface area contributed by atoms with Crippen LogP contribution in [0.4, 0.5) is 29.1 Å². The number of terminal acetylenes is 1. The average Bonchev–Trinajstić information content (AvgIpc) is 0.845. The van der Waals surface area contributed by atoms with Crippen LogP contribution < -0.4 is 14.2 Å².